The Morgan fingerprint density at radius 2 is 2.25 bits per heavy atom. The minimum absolute atomic E-state index is 0.892. The zero-order chi connectivity index (χ0) is 8.39. The highest BCUT2D eigenvalue weighted by Gasteiger charge is 1.96. The molecule has 0 aromatic carbocycles. The molecule has 1 aliphatic carbocycles. The van der Waals surface area contributed by atoms with Crippen LogP contribution in [-0.4, -0.2) is 9.78 Å². The molecule has 1 heterocycles. The molecule has 3 heteroatoms. The van der Waals surface area contributed by atoms with Gasteiger partial charge in [0.2, 0.25) is 0 Å². The predicted molar refractivity (Wildman–Crippen MR) is 50.5 cm³/mol. The van der Waals surface area contributed by atoms with Crippen LogP contribution >= 0.6 is 15.9 Å². The molecule has 0 saturated carbocycles. The molecule has 0 N–H and O–H groups in total. The topological polar surface area (TPSA) is 17.8 Å². The maximum absolute atomic E-state index is 4.07. The van der Waals surface area contributed by atoms with Crippen LogP contribution in [0.5, 0.6) is 0 Å². The Labute approximate surface area is 78.3 Å². The van der Waals surface area contributed by atoms with E-state index in [0.717, 1.165) is 10.2 Å². The highest BCUT2D eigenvalue weighted by Crippen LogP contribution is 2.12. The van der Waals surface area contributed by atoms with Gasteiger partial charge in [-0.3, -0.25) is 0 Å². The Bertz CT molecular complexity index is 413. The Hall–Kier alpha value is -1.27. The van der Waals surface area contributed by atoms with Crippen molar-refractivity contribution in [1.82, 2.24) is 9.78 Å². The summed E-state index contributed by atoms with van der Waals surface area (Å²) < 4.78 is 2.64. The zero-order valence-electron chi connectivity index (χ0n) is 6.16. The van der Waals surface area contributed by atoms with Crippen LogP contribution in [-0.2, 0) is 0 Å². The van der Waals surface area contributed by atoms with Crippen molar-refractivity contribution in [3.05, 3.63) is 46.6 Å². The van der Waals surface area contributed by atoms with E-state index in [1.54, 1.807) is 10.9 Å². The van der Waals surface area contributed by atoms with E-state index in [9.17, 15) is 0 Å². The molecule has 1 aromatic rings. The first kappa shape index (κ1) is 7.38. The molecule has 0 fully saturated rings. The van der Waals surface area contributed by atoms with Crippen molar-refractivity contribution in [2.75, 3.05) is 0 Å². The molecule has 0 unspecified atom stereocenters. The van der Waals surface area contributed by atoms with E-state index in [1.165, 1.54) is 0 Å². The summed E-state index contributed by atoms with van der Waals surface area (Å²) in [5.74, 6) is 0. The normalized spacial score (nSPS) is 14.4. The molecule has 0 amide bonds. The van der Waals surface area contributed by atoms with Gasteiger partial charge < -0.3 is 0 Å². The Morgan fingerprint density at radius 3 is 2.83 bits per heavy atom. The van der Waals surface area contributed by atoms with Gasteiger partial charge in [0.1, 0.15) is 5.70 Å². The molecule has 0 spiro atoms. The van der Waals surface area contributed by atoms with Gasteiger partial charge in [-0.05, 0) is 39.9 Å². The second-order valence-corrected chi connectivity index (χ2v) is 3.12. The fraction of sp³-hybridized carbons (Fsp3) is 0. The van der Waals surface area contributed by atoms with E-state index in [-0.39, 0.29) is 0 Å². The van der Waals surface area contributed by atoms with Gasteiger partial charge in [-0.15, -0.1) is 0 Å². The molecule has 0 aliphatic heterocycles. The van der Waals surface area contributed by atoms with Crippen LogP contribution in [0.1, 0.15) is 0 Å². The SMILES string of the molecule is BrC1=C=C=C(n2cccn2)C=C1. The lowest BCUT2D eigenvalue weighted by Gasteiger charge is -1.98. The lowest BCUT2D eigenvalue weighted by atomic mass is 10.3. The molecule has 0 saturated heterocycles. The summed E-state index contributed by atoms with van der Waals surface area (Å²) in [5, 5.41) is 4.07. The van der Waals surface area contributed by atoms with E-state index in [2.05, 4.69) is 32.5 Å². The van der Waals surface area contributed by atoms with Crippen LogP contribution < -0.4 is 0 Å². The van der Waals surface area contributed by atoms with Crippen molar-refractivity contribution in [2.24, 2.45) is 0 Å². The minimum atomic E-state index is 0.892. The van der Waals surface area contributed by atoms with Gasteiger partial charge in [0.05, 0.1) is 4.48 Å². The highest BCUT2D eigenvalue weighted by molar-refractivity contribution is 9.11. The maximum atomic E-state index is 4.07. The third kappa shape index (κ3) is 1.34. The highest BCUT2D eigenvalue weighted by atomic mass is 79.9. The number of nitrogens with zero attached hydrogens (tertiary/aromatic N) is 2. The maximum Gasteiger partial charge on any atom is 0.115 e. The standard InChI is InChI=1S/C9H5BrN2/c10-8-2-4-9(5-3-8)12-7-1-6-11-12/h1-2,4,6-7H. The molecule has 0 radical (unpaired) electrons. The molecule has 2 nitrogen and oxygen atoms in total. The Balaban J connectivity index is 2.53. The van der Waals surface area contributed by atoms with Crippen LogP contribution in [0.4, 0.5) is 0 Å². The number of allylic oxidation sites excluding steroid dienone is 4. The zero-order valence-corrected chi connectivity index (χ0v) is 7.75. The summed E-state index contributed by atoms with van der Waals surface area (Å²) in [6, 6.07) is 1.87. The van der Waals surface area contributed by atoms with E-state index >= 15 is 0 Å². The summed E-state index contributed by atoms with van der Waals surface area (Å²) in [5.41, 5.74) is 6.78. The molecular weight excluding hydrogens is 216 g/mol. The van der Waals surface area contributed by atoms with Crippen molar-refractivity contribution >= 4 is 21.6 Å². The molecular formula is C9H5BrN2. The quantitative estimate of drug-likeness (QED) is 0.665. The predicted octanol–water partition coefficient (Wildman–Crippen LogP) is 2.33. The van der Waals surface area contributed by atoms with Crippen molar-refractivity contribution in [1.29, 1.82) is 0 Å². The molecule has 58 valence electrons. The van der Waals surface area contributed by atoms with Gasteiger partial charge in [-0.2, -0.15) is 5.10 Å². The monoisotopic (exact) mass is 220 g/mol. The third-order valence-electron chi connectivity index (χ3n) is 1.45. The summed E-state index contributed by atoms with van der Waals surface area (Å²) >= 11 is 3.29. The van der Waals surface area contributed by atoms with E-state index in [4.69, 9.17) is 0 Å². The number of rotatable bonds is 1. The fourth-order valence-electron chi connectivity index (χ4n) is 0.904. The number of aromatic nitrogens is 2. The average Bonchev–Trinajstić information content (AvgIpc) is 2.58. The van der Waals surface area contributed by atoms with Gasteiger partial charge in [0.25, 0.3) is 0 Å². The first-order valence-electron chi connectivity index (χ1n) is 3.46. The van der Waals surface area contributed by atoms with Crippen molar-refractivity contribution in [3.8, 4) is 0 Å². The van der Waals surface area contributed by atoms with Crippen molar-refractivity contribution < 1.29 is 0 Å². The lowest BCUT2D eigenvalue weighted by Crippen LogP contribution is -1.93. The van der Waals surface area contributed by atoms with Crippen molar-refractivity contribution in [2.45, 2.75) is 0 Å². The Kier molecular flexibility index (Phi) is 1.84. The first-order chi connectivity index (χ1) is 5.86. The second kappa shape index (κ2) is 3.00. The van der Waals surface area contributed by atoms with Gasteiger partial charge >= 0.3 is 0 Å². The van der Waals surface area contributed by atoms with E-state index in [1.807, 2.05) is 24.4 Å². The summed E-state index contributed by atoms with van der Waals surface area (Å²) in [4.78, 5) is 0. The average molecular weight is 221 g/mol. The van der Waals surface area contributed by atoms with Crippen LogP contribution in [0, 0.1) is 0 Å². The minimum Gasteiger partial charge on any atom is -0.232 e. The summed E-state index contributed by atoms with van der Waals surface area (Å²) in [6.07, 6.45) is 7.44. The summed E-state index contributed by atoms with van der Waals surface area (Å²) in [7, 11) is 0. The van der Waals surface area contributed by atoms with Crippen LogP contribution in [0.3, 0.4) is 0 Å². The number of hydrogen-bond acceptors (Lipinski definition) is 1. The van der Waals surface area contributed by atoms with E-state index in [0.29, 0.717) is 0 Å². The molecule has 1 aliphatic rings. The second-order valence-electron chi connectivity index (χ2n) is 2.27. The van der Waals surface area contributed by atoms with Gasteiger partial charge in [-0.1, -0.05) is 5.73 Å². The molecule has 12 heavy (non-hydrogen) atoms. The molecule has 1 aromatic heterocycles. The molecule has 0 bridgehead atoms. The molecule has 2 rings (SSSR count). The third-order valence-corrected chi connectivity index (χ3v) is 1.91. The van der Waals surface area contributed by atoms with Crippen molar-refractivity contribution in [3.63, 3.8) is 0 Å². The van der Waals surface area contributed by atoms with Crippen LogP contribution in [0.2, 0.25) is 0 Å². The first-order valence-corrected chi connectivity index (χ1v) is 4.25. The number of halogens is 1. The number of hydrogen-bond donors (Lipinski definition) is 0. The Morgan fingerprint density at radius 1 is 1.33 bits per heavy atom. The van der Waals surface area contributed by atoms with Crippen LogP contribution in [0.25, 0.3) is 5.70 Å². The lowest BCUT2D eigenvalue weighted by molar-refractivity contribution is 0.911. The van der Waals surface area contributed by atoms with Gasteiger partial charge in [-0.25, -0.2) is 4.68 Å². The molecule has 0 atom stereocenters. The van der Waals surface area contributed by atoms with E-state index < -0.39 is 0 Å². The smallest absolute Gasteiger partial charge is 0.115 e. The largest absolute Gasteiger partial charge is 0.232 e. The fourth-order valence-corrected chi connectivity index (χ4v) is 1.14. The van der Waals surface area contributed by atoms with Crippen LogP contribution in [0.15, 0.2) is 46.6 Å². The van der Waals surface area contributed by atoms with Gasteiger partial charge in [0.15, 0.2) is 0 Å². The summed E-state index contributed by atoms with van der Waals surface area (Å²) in [6.45, 7) is 0. The van der Waals surface area contributed by atoms with Gasteiger partial charge in [0, 0.05) is 12.4 Å².